The van der Waals surface area contributed by atoms with Crippen LogP contribution in [0.25, 0.3) is 0 Å². The number of rotatable bonds is 4. The van der Waals surface area contributed by atoms with Gasteiger partial charge in [0.25, 0.3) is 0 Å². The van der Waals surface area contributed by atoms with Crippen molar-refractivity contribution in [3.8, 4) is 0 Å². The lowest BCUT2D eigenvalue weighted by atomic mass is 9.61. The van der Waals surface area contributed by atoms with Gasteiger partial charge < -0.3 is 15.7 Å². The number of amides is 1. The number of aliphatic hydroxyl groups excluding tert-OH is 1. The number of hydrogen-bond acceptors (Lipinski definition) is 3. The maximum absolute atomic E-state index is 12.1. The monoisotopic (exact) mass is 230 g/mol. The molecule has 0 atom stereocenters. The summed E-state index contributed by atoms with van der Waals surface area (Å²) in [6, 6.07) is 0. The highest BCUT2D eigenvalue weighted by molar-refractivity contribution is 7.80. The minimum atomic E-state index is -0.640. The first kappa shape index (κ1) is 12.4. The molecule has 0 unspecified atom stereocenters. The van der Waals surface area contributed by atoms with E-state index in [0.29, 0.717) is 12.5 Å². The van der Waals surface area contributed by atoms with Crippen LogP contribution in [0.5, 0.6) is 0 Å². The van der Waals surface area contributed by atoms with Crippen LogP contribution in [0.1, 0.15) is 19.8 Å². The molecule has 1 saturated carbocycles. The zero-order valence-electron chi connectivity index (χ0n) is 9.19. The van der Waals surface area contributed by atoms with Crippen LogP contribution >= 0.6 is 12.2 Å². The van der Waals surface area contributed by atoms with E-state index in [0.717, 1.165) is 12.8 Å². The molecule has 5 heteroatoms. The lowest BCUT2D eigenvalue weighted by molar-refractivity contribution is -0.143. The molecule has 15 heavy (non-hydrogen) atoms. The van der Waals surface area contributed by atoms with E-state index in [1.807, 2.05) is 0 Å². The molecule has 86 valence electrons. The van der Waals surface area contributed by atoms with Gasteiger partial charge in [0, 0.05) is 13.6 Å². The van der Waals surface area contributed by atoms with Gasteiger partial charge in [0.2, 0.25) is 5.91 Å². The molecule has 1 aliphatic carbocycles. The highest BCUT2D eigenvalue weighted by atomic mass is 32.1. The zero-order valence-corrected chi connectivity index (χ0v) is 10.0. The van der Waals surface area contributed by atoms with Crippen molar-refractivity contribution in [2.24, 2.45) is 17.1 Å². The van der Waals surface area contributed by atoms with E-state index < -0.39 is 5.41 Å². The van der Waals surface area contributed by atoms with Crippen LogP contribution in [0.4, 0.5) is 0 Å². The second-order valence-electron chi connectivity index (χ2n) is 4.41. The first-order chi connectivity index (χ1) is 6.94. The normalized spacial score (nSPS) is 29.4. The average molecular weight is 230 g/mol. The number of aliphatic hydroxyl groups is 1. The van der Waals surface area contributed by atoms with E-state index >= 15 is 0 Å². The first-order valence-corrected chi connectivity index (χ1v) is 5.51. The summed E-state index contributed by atoms with van der Waals surface area (Å²) in [5.74, 6) is 0.445. The number of nitrogens with zero attached hydrogens (tertiary/aromatic N) is 1. The second kappa shape index (κ2) is 4.45. The van der Waals surface area contributed by atoms with Crippen LogP contribution in [-0.2, 0) is 4.79 Å². The van der Waals surface area contributed by atoms with E-state index in [9.17, 15) is 4.79 Å². The van der Waals surface area contributed by atoms with Crippen molar-refractivity contribution in [1.29, 1.82) is 0 Å². The number of hydrogen-bond donors (Lipinski definition) is 2. The van der Waals surface area contributed by atoms with E-state index in [2.05, 4.69) is 6.92 Å². The standard InChI is InChI=1S/C10H18N2O2S/c1-7-5-10(6-7,8(11)15)9(14)12(2)3-4-13/h7,13H,3-6H2,1-2H3,(H2,11,15). The number of thiocarbonyl (C=S) groups is 1. The van der Waals surface area contributed by atoms with Gasteiger partial charge in [-0.1, -0.05) is 19.1 Å². The Kier molecular flexibility index (Phi) is 3.67. The Balaban J connectivity index is 2.74. The molecule has 0 aromatic rings. The third kappa shape index (κ3) is 2.13. The number of carbonyl (C=O) groups is 1. The van der Waals surface area contributed by atoms with Gasteiger partial charge in [-0.25, -0.2) is 0 Å². The molecule has 0 aromatic carbocycles. The predicted molar refractivity (Wildman–Crippen MR) is 62.3 cm³/mol. The predicted octanol–water partition coefficient (Wildman–Crippen LogP) is 0.140. The van der Waals surface area contributed by atoms with Crippen molar-refractivity contribution in [1.82, 2.24) is 4.90 Å². The number of carbonyl (C=O) groups excluding carboxylic acids is 1. The van der Waals surface area contributed by atoms with E-state index in [4.69, 9.17) is 23.1 Å². The lowest BCUT2D eigenvalue weighted by Crippen LogP contribution is -2.56. The number of likely N-dealkylation sites (N-methyl/N-ethyl adjacent to an activating group) is 1. The fraction of sp³-hybridized carbons (Fsp3) is 0.800. The molecular weight excluding hydrogens is 212 g/mol. The molecule has 1 amide bonds. The molecule has 0 bridgehead atoms. The third-order valence-electron chi connectivity index (χ3n) is 3.06. The Hall–Kier alpha value is -0.680. The fourth-order valence-corrected chi connectivity index (χ4v) is 2.48. The molecule has 0 aliphatic heterocycles. The highest BCUT2D eigenvalue weighted by Gasteiger charge is 2.51. The van der Waals surface area contributed by atoms with Gasteiger partial charge in [-0.2, -0.15) is 0 Å². The maximum Gasteiger partial charge on any atom is 0.235 e. The molecule has 1 fully saturated rings. The molecule has 0 radical (unpaired) electrons. The van der Waals surface area contributed by atoms with Crippen molar-refractivity contribution in [3.05, 3.63) is 0 Å². The van der Waals surface area contributed by atoms with Crippen LogP contribution in [0, 0.1) is 11.3 Å². The average Bonchev–Trinajstić information content (AvgIpc) is 2.11. The van der Waals surface area contributed by atoms with Gasteiger partial charge in [0.05, 0.1) is 17.0 Å². The van der Waals surface area contributed by atoms with Crippen LogP contribution in [-0.4, -0.2) is 41.1 Å². The quantitative estimate of drug-likeness (QED) is 0.674. The van der Waals surface area contributed by atoms with Gasteiger partial charge in [-0.3, -0.25) is 4.79 Å². The maximum atomic E-state index is 12.1. The van der Waals surface area contributed by atoms with Gasteiger partial charge in [-0.05, 0) is 18.8 Å². The molecule has 0 spiro atoms. The molecule has 0 saturated heterocycles. The van der Waals surface area contributed by atoms with Crippen LogP contribution in [0.2, 0.25) is 0 Å². The van der Waals surface area contributed by atoms with Gasteiger partial charge >= 0.3 is 0 Å². The van der Waals surface area contributed by atoms with Crippen LogP contribution in [0.15, 0.2) is 0 Å². The Morgan fingerprint density at radius 1 is 1.67 bits per heavy atom. The molecule has 1 aliphatic rings. The molecular formula is C10H18N2O2S. The summed E-state index contributed by atoms with van der Waals surface area (Å²) >= 11 is 4.98. The van der Waals surface area contributed by atoms with E-state index in [-0.39, 0.29) is 17.5 Å². The fourth-order valence-electron chi connectivity index (χ4n) is 2.23. The summed E-state index contributed by atoms with van der Waals surface area (Å²) in [5, 5.41) is 8.77. The van der Waals surface area contributed by atoms with Crippen LogP contribution in [0.3, 0.4) is 0 Å². The summed E-state index contributed by atoms with van der Waals surface area (Å²) in [6.45, 7) is 2.37. The molecule has 1 rings (SSSR count). The third-order valence-corrected chi connectivity index (χ3v) is 3.45. The lowest BCUT2D eigenvalue weighted by Gasteiger charge is -2.45. The molecule has 4 nitrogen and oxygen atoms in total. The molecule has 3 N–H and O–H groups in total. The van der Waals surface area contributed by atoms with Gasteiger partial charge in [-0.15, -0.1) is 0 Å². The topological polar surface area (TPSA) is 66.6 Å². The highest BCUT2D eigenvalue weighted by Crippen LogP contribution is 2.46. The molecule has 0 heterocycles. The van der Waals surface area contributed by atoms with Gasteiger partial charge in [0.1, 0.15) is 0 Å². The SMILES string of the molecule is CC1CC(C(=O)N(C)CCO)(C(N)=S)C1. The van der Waals surface area contributed by atoms with Crippen molar-refractivity contribution in [3.63, 3.8) is 0 Å². The van der Waals surface area contributed by atoms with Crippen molar-refractivity contribution >= 4 is 23.1 Å². The summed E-state index contributed by atoms with van der Waals surface area (Å²) in [5.41, 5.74) is 5.01. The Morgan fingerprint density at radius 3 is 2.53 bits per heavy atom. The minimum Gasteiger partial charge on any atom is -0.395 e. The van der Waals surface area contributed by atoms with Crippen molar-refractivity contribution < 1.29 is 9.90 Å². The van der Waals surface area contributed by atoms with Crippen molar-refractivity contribution in [2.45, 2.75) is 19.8 Å². The summed E-state index contributed by atoms with van der Waals surface area (Å²) < 4.78 is 0. The summed E-state index contributed by atoms with van der Waals surface area (Å²) in [6.07, 6.45) is 1.47. The van der Waals surface area contributed by atoms with Crippen molar-refractivity contribution in [2.75, 3.05) is 20.2 Å². The van der Waals surface area contributed by atoms with Gasteiger partial charge in [0.15, 0.2) is 0 Å². The van der Waals surface area contributed by atoms with E-state index in [1.165, 1.54) is 4.90 Å². The Morgan fingerprint density at radius 2 is 2.20 bits per heavy atom. The summed E-state index contributed by atoms with van der Waals surface area (Å²) in [7, 11) is 1.67. The Bertz CT molecular complexity index is 275. The zero-order chi connectivity index (χ0) is 11.6. The van der Waals surface area contributed by atoms with Crippen LogP contribution < -0.4 is 5.73 Å². The smallest absolute Gasteiger partial charge is 0.235 e. The number of nitrogens with two attached hydrogens (primary N) is 1. The second-order valence-corrected chi connectivity index (χ2v) is 4.85. The summed E-state index contributed by atoms with van der Waals surface area (Å²) in [4.78, 5) is 13.9. The van der Waals surface area contributed by atoms with E-state index in [1.54, 1.807) is 7.05 Å². The first-order valence-electron chi connectivity index (χ1n) is 5.10. The molecule has 0 aromatic heterocycles. The largest absolute Gasteiger partial charge is 0.395 e. The minimum absolute atomic E-state index is 0.0365. The Labute approximate surface area is 95.4 Å².